The van der Waals surface area contributed by atoms with Crippen LogP contribution in [0.5, 0.6) is 0 Å². The van der Waals surface area contributed by atoms with Crippen LogP contribution in [0.3, 0.4) is 0 Å². The maximum absolute atomic E-state index is 9.37. The Morgan fingerprint density at radius 3 is 1.06 bits per heavy atom. The van der Waals surface area contributed by atoms with Gasteiger partial charge in [0.1, 0.15) is 0 Å². The SMILES string of the molecule is O=S(=O)([O-])OOS(=O)(=O)[O-].OP(O)O.[K+].[Na+]. The van der Waals surface area contributed by atoms with Crippen molar-refractivity contribution in [1.82, 2.24) is 0 Å². The third kappa shape index (κ3) is 43.8. The predicted octanol–water partition coefficient (Wildman–Crippen LogP) is -8.95. The van der Waals surface area contributed by atoms with Gasteiger partial charge in [-0.1, -0.05) is 0 Å². The second-order valence-electron chi connectivity index (χ2n) is 1.22. The molecule has 0 aromatic heterocycles. The van der Waals surface area contributed by atoms with Crippen LogP contribution in [0.2, 0.25) is 0 Å². The van der Waals surface area contributed by atoms with E-state index in [0.717, 1.165) is 0 Å². The predicted molar refractivity (Wildman–Crippen MR) is 35.1 cm³/mol. The van der Waals surface area contributed by atoms with Crippen LogP contribution in [0.25, 0.3) is 0 Å². The molecule has 0 fully saturated rings. The summed E-state index contributed by atoms with van der Waals surface area (Å²) in [6.45, 7) is 0. The van der Waals surface area contributed by atoms with Gasteiger partial charge in [0.2, 0.25) is 20.8 Å². The summed E-state index contributed by atoms with van der Waals surface area (Å²) >= 11 is 0. The Labute approximate surface area is 157 Å². The van der Waals surface area contributed by atoms with Crippen LogP contribution in [0.4, 0.5) is 0 Å². The van der Waals surface area contributed by atoms with Gasteiger partial charge in [-0.05, 0) is 0 Å². The summed E-state index contributed by atoms with van der Waals surface area (Å²) in [6, 6.07) is 0. The molecule has 0 radical (unpaired) electrons. The Balaban J connectivity index is -0.000000105. The van der Waals surface area contributed by atoms with Gasteiger partial charge in [-0.15, -0.1) is 8.67 Å². The Kier molecular flexibility index (Phi) is 21.5. The molecule has 11 nitrogen and oxygen atoms in total. The first kappa shape index (κ1) is 27.1. The summed E-state index contributed by atoms with van der Waals surface area (Å²) in [5.74, 6) is 0. The minimum absolute atomic E-state index is 0. The van der Waals surface area contributed by atoms with Crippen molar-refractivity contribution in [3.8, 4) is 0 Å². The van der Waals surface area contributed by atoms with Crippen LogP contribution < -0.4 is 80.9 Å². The summed E-state index contributed by atoms with van der Waals surface area (Å²) in [5.41, 5.74) is 0. The van der Waals surface area contributed by atoms with E-state index in [1.807, 2.05) is 0 Å². The molecule has 0 unspecified atom stereocenters. The minimum atomic E-state index is -5.31. The maximum Gasteiger partial charge on any atom is 1.00 e. The zero-order valence-electron chi connectivity index (χ0n) is 7.87. The second kappa shape index (κ2) is 12.7. The molecule has 0 spiro atoms. The summed E-state index contributed by atoms with van der Waals surface area (Å²) in [7, 11) is -13.2. The van der Waals surface area contributed by atoms with Gasteiger partial charge in [-0.3, -0.25) is 0 Å². The van der Waals surface area contributed by atoms with Crippen LogP contribution in [-0.4, -0.2) is 40.6 Å². The fraction of sp³-hybridized carbons (Fsp3) is 0. The molecule has 16 heteroatoms. The molecule has 0 atom stereocenters. The van der Waals surface area contributed by atoms with E-state index in [-0.39, 0.29) is 80.9 Å². The summed E-state index contributed by atoms with van der Waals surface area (Å²) < 4.78 is 61.5. The fourth-order valence-corrected chi connectivity index (χ4v) is 0.612. The zero-order valence-corrected chi connectivity index (χ0v) is 15.5. The summed E-state index contributed by atoms with van der Waals surface area (Å²) in [5, 5.41) is 0. The second-order valence-corrected chi connectivity index (χ2v) is 3.66. The summed E-state index contributed by atoms with van der Waals surface area (Å²) in [4.78, 5) is 21.7. The van der Waals surface area contributed by atoms with Gasteiger partial charge < -0.3 is 23.8 Å². The van der Waals surface area contributed by atoms with Crippen LogP contribution in [-0.2, 0) is 29.5 Å². The van der Waals surface area contributed by atoms with Crippen molar-refractivity contribution in [3.63, 3.8) is 0 Å². The van der Waals surface area contributed by atoms with E-state index in [0.29, 0.717) is 0 Å². The van der Waals surface area contributed by atoms with Gasteiger partial charge in [-0.2, -0.15) is 0 Å². The smallest absolute Gasteiger partial charge is 0.724 e. The molecule has 16 heavy (non-hydrogen) atoms. The van der Waals surface area contributed by atoms with Gasteiger partial charge in [0.25, 0.3) is 0 Å². The van der Waals surface area contributed by atoms with Gasteiger partial charge in [0, 0.05) is 0 Å². The van der Waals surface area contributed by atoms with Gasteiger partial charge in [-0.25, -0.2) is 16.8 Å². The molecule has 0 aromatic carbocycles. The van der Waals surface area contributed by atoms with E-state index in [1.54, 1.807) is 0 Å². The Hall–Kier alpha value is 2.69. The Morgan fingerprint density at radius 2 is 1.00 bits per heavy atom. The third-order valence-electron chi connectivity index (χ3n) is 0.194. The molecular weight excluding hydrogens is 333 g/mol. The molecule has 3 N–H and O–H groups in total. The molecule has 0 aliphatic rings. The van der Waals surface area contributed by atoms with Gasteiger partial charge in [0.15, 0.2) is 0 Å². The average Bonchev–Trinajstić information content (AvgIpc) is 1.79. The van der Waals surface area contributed by atoms with E-state index in [4.69, 9.17) is 14.7 Å². The first-order valence-electron chi connectivity index (χ1n) is 2.10. The molecule has 0 heterocycles. The summed E-state index contributed by atoms with van der Waals surface area (Å²) in [6.07, 6.45) is 0. The van der Waals surface area contributed by atoms with Crippen LogP contribution >= 0.6 is 8.60 Å². The number of hydrogen-bond acceptors (Lipinski definition) is 11. The van der Waals surface area contributed by atoms with Crippen molar-refractivity contribution in [2.24, 2.45) is 0 Å². The van der Waals surface area contributed by atoms with E-state index < -0.39 is 29.4 Å². The standard InChI is InChI=1S/K.Na.H2O8S2.H3O3P/c;;1-9(2,3)7-8-10(4,5)6;1-4(2)3/h;;(H,1,2,3)(H,4,5,6);1-3H/q2*+1;;/p-2. The molecule has 0 bridgehead atoms. The molecule has 0 rings (SSSR count). The van der Waals surface area contributed by atoms with E-state index >= 15 is 0 Å². The van der Waals surface area contributed by atoms with Crippen molar-refractivity contribution in [2.75, 3.05) is 0 Å². The fourth-order valence-electron chi connectivity index (χ4n) is 0.0680. The van der Waals surface area contributed by atoms with Crippen LogP contribution in [0.1, 0.15) is 0 Å². The van der Waals surface area contributed by atoms with Crippen molar-refractivity contribution >= 4 is 29.4 Å². The third-order valence-corrected chi connectivity index (χ3v) is 0.750. The number of rotatable bonds is 3. The van der Waals surface area contributed by atoms with E-state index in [9.17, 15) is 25.9 Å². The van der Waals surface area contributed by atoms with Crippen molar-refractivity contribution in [1.29, 1.82) is 0 Å². The molecule has 0 aliphatic heterocycles. The van der Waals surface area contributed by atoms with Crippen molar-refractivity contribution in [2.45, 2.75) is 0 Å². The normalized spacial score (nSPS) is 10.6. The van der Waals surface area contributed by atoms with Gasteiger partial charge in [0.05, 0.1) is 0 Å². The van der Waals surface area contributed by atoms with E-state index in [1.165, 1.54) is 0 Å². The first-order chi connectivity index (χ1) is 5.94. The molecule has 0 saturated carbocycles. The van der Waals surface area contributed by atoms with Crippen LogP contribution in [0, 0.1) is 0 Å². The minimum Gasteiger partial charge on any atom is -0.724 e. The molecule has 0 aliphatic carbocycles. The quantitative estimate of drug-likeness (QED) is 0.111. The molecule has 0 aromatic rings. The average molecular weight is 336 g/mol. The molecular formula is H3KNaO11PS2. The van der Waals surface area contributed by atoms with E-state index in [2.05, 4.69) is 8.67 Å². The largest absolute Gasteiger partial charge is 1.00 e. The van der Waals surface area contributed by atoms with Crippen LogP contribution in [0.15, 0.2) is 0 Å². The number of hydrogen-bond donors (Lipinski definition) is 3. The Morgan fingerprint density at radius 1 is 0.875 bits per heavy atom. The van der Waals surface area contributed by atoms with Crippen molar-refractivity contribution < 1.29 is 130 Å². The molecule has 88 valence electrons. The monoisotopic (exact) mass is 336 g/mol. The maximum atomic E-state index is 9.37. The Bertz CT molecular complexity index is 294. The zero-order chi connectivity index (χ0) is 12.0. The molecule has 0 amide bonds. The van der Waals surface area contributed by atoms with Gasteiger partial charge >= 0.3 is 89.5 Å². The topological polar surface area (TPSA) is 194 Å². The van der Waals surface area contributed by atoms with Crippen molar-refractivity contribution in [3.05, 3.63) is 0 Å². The molecule has 0 saturated heterocycles. The first-order valence-corrected chi connectivity index (χ1v) is 5.97.